The van der Waals surface area contributed by atoms with Gasteiger partial charge in [-0.1, -0.05) is 12.1 Å². The maximum Gasteiger partial charge on any atom is 0.295 e. The van der Waals surface area contributed by atoms with E-state index in [9.17, 15) is 14.7 Å². The molecule has 0 spiro atoms. The molecule has 0 radical (unpaired) electrons. The Morgan fingerprint density at radius 2 is 1.68 bits per heavy atom. The third kappa shape index (κ3) is 5.17. The fourth-order valence-corrected chi connectivity index (χ4v) is 3.90. The van der Waals surface area contributed by atoms with Gasteiger partial charge in [-0.2, -0.15) is 0 Å². The lowest BCUT2D eigenvalue weighted by Gasteiger charge is -2.26. The second-order valence-corrected chi connectivity index (χ2v) is 8.60. The van der Waals surface area contributed by atoms with Crippen LogP contribution in [0.2, 0.25) is 0 Å². The molecular weight excluding hydrogens is 436 g/mol. The summed E-state index contributed by atoms with van der Waals surface area (Å²) in [4.78, 5) is 29.6. The number of hydrogen-bond acceptors (Lipinski definition) is 7. The van der Waals surface area contributed by atoms with Crippen molar-refractivity contribution in [2.24, 2.45) is 0 Å². The molecule has 3 rings (SSSR count). The molecule has 34 heavy (non-hydrogen) atoms. The number of likely N-dealkylation sites (N-methyl/N-ethyl adjacent to an activating group) is 1. The van der Waals surface area contributed by atoms with E-state index in [1.54, 1.807) is 30.3 Å². The van der Waals surface area contributed by atoms with E-state index in [0.717, 1.165) is 0 Å². The molecule has 1 atom stereocenters. The summed E-state index contributed by atoms with van der Waals surface area (Å²) in [5.74, 6) is -0.0547. The second-order valence-electron chi connectivity index (χ2n) is 8.60. The van der Waals surface area contributed by atoms with E-state index >= 15 is 0 Å². The van der Waals surface area contributed by atoms with Crippen molar-refractivity contribution in [1.82, 2.24) is 9.80 Å². The van der Waals surface area contributed by atoms with Gasteiger partial charge in [0, 0.05) is 18.7 Å². The highest BCUT2D eigenvalue weighted by Crippen LogP contribution is 2.41. The maximum atomic E-state index is 13.1. The van der Waals surface area contributed by atoms with Gasteiger partial charge in [0.25, 0.3) is 11.7 Å². The van der Waals surface area contributed by atoms with Crippen molar-refractivity contribution in [3.8, 4) is 17.2 Å². The average Bonchev–Trinajstić information content (AvgIpc) is 3.06. The van der Waals surface area contributed by atoms with Gasteiger partial charge in [-0.3, -0.25) is 9.59 Å². The number of ether oxygens (including phenoxy) is 3. The molecule has 0 aliphatic carbocycles. The molecule has 1 N–H and O–H groups in total. The lowest BCUT2D eigenvalue weighted by atomic mass is 9.95. The van der Waals surface area contributed by atoms with E-state index in [1.165, 1.54) is 19.1 Å². The lowest BCUT2D eigenvalue weighted by molar-refractivity contribution is -0.140. The van der Waals surface area contributed by atoms with Gasteiger partial charge in [-0.15, -0.1) is 0 Å². The van der Waals surface area contributed by atoms with Gasteiger partial charge < -0.3 is 29.1 Å². The number of benzene rings is 2. The number of aliphatic hydroxyl groups is 1. The monoisotopic (exact) mass is 468 g/mol. The fourth-order valence-electron chi connectivity index (χ4n) is 3.90. The summed E-state index contributed by atoms with van der Waals surface area (Å²) in [5.41, 5.74) is 1.10. The summed E-state index contributed by atoms with van der Waals surface area (Å²) in [6.45, 7) is 4.77. The Hall–Kier alpha value is -3.52. The first-order valence-electron chi connectivity index (χ1n) is 11.1. The molecule has 8 nitrogen and oxygen atoms in total. The van der Waals surface area contributed by atoms with E-state index in [1.807, 2.05) is 45.0 Å². The minimum atomic E-state index is -0.735. The summed E-state index contributed by atoms with van der Waals surface area (Å²) in [5, 5.41) is 11.2. The van der Waals surface area contributed by atoms with Crippen molar-refractivity contribution >= 4 is 17.4 Å². The van der Waals surface area contributed by atoms with Crippen molar-refractivity contribution in [2.45, 2.75) is 26.0 Å². The SMILES string of the molecule is COc1ccc(/C(O)=C2/C(=O)C(=O)N(CCN(C)C)C2c2ccc(OC(C)C)cc2)cc1OC. The number of ketones is 1. The summed E-state index contributed by atoms with van der Waals surface area (Å²) in [6.07, 6.45) is 0.0154. The van der Waals surface area contributed by atoms with Crippen molar-refractivity contribution in [3.05, 3.63) is 59.2 Å². The van der Waals surface area contributed by atoms with Crippen LogP contribution in [0.25, 0.3) is 5.76 Å². The molecular formula is C26H32N2O6. The first-order chi connectivity index (χ1) is 16.2. The normalized spacial score (nSPS) is 17.5. The third-order valence-electron chi connectivity index (χ3n) is 5.55. The molecule has 2 aromatic carbocycles. The van der Waals surface area contributed by atoms with Crippen LogP contribution in [0.5, 0.6) is 17.2 Å². The number of carbonyl (C=O) groups excluding carboxylic acids is 2. The number of methoxy groups -OCH3 is 2. The number of Topliss-reactive ketones (excluding diaryl/α,β-unsaturated/α-hetero) is 1. The summed E-state index contributed by atoms with van der Waals surface area (Å²) in [6, 6.07) is 11.4. The highest BCUT2D eigenvalue weighted by molar-refractivity contribution is 6.46. The van der Waals surface area contributed by atoms with Crippen LogP contribution in [0.1, 0.15) is 31.0 Å². The van der Waals surface area contributed by atoms with E-state index in [0.29, 0.717) is 41.5 Å². The number of aliphatic hydroxyl groups excluding tert-OH is 1. The Kier molecular flexibility index (Phi) is 7.83. The molecule has 1 aliphatic heterocycles. The first kappa shape index (κ1) is 25.1. The summed E-state index contributed by atoms with van der Waals surface area (Å²) < 4.78 is 16.3. The van der Waals surface area contributed by atoms with E-state index < -0.39 is 17.7 Å². The molecule has 1 unspecified atom stereocenters. The molecule has 8 heteroatoms. The Balaban J connectivity index is 2.12. The third-order valence-corrected chi connectivity index (χ3v) is 5.55. The van der Waals surface area contributed by atoms with E-state index in [-0.39, 0.29) is 17.4 Å². The molecule has 0 bridgehead atoms. The largest absolute Gasteiger partial charge is 0.507 e. The summed E-state index contributed by atoms with van der Waals surface area (Å²) >= 11 is 0. The molecule has 1 aliphatic rings. The van der Waals surface area contributed by atoms with Crippen LogP contribution in [-0.2, 0) is 9.59 Å². The zero-order valence-electron chi connectivity index (χ0n) is 20.5. The van der Waals surface area contributed by atoms with Crippen LogP contribution in [0.3, 0.4) is 0 Å². The predicted molar refractivity (Wildman–Crippen MR) is 129 cm³/mol. The van der Waals surface area contributed by atoms with Gasteiger partial charge in [0.2, 0.25) is 0 Å². The van der Waals surface area contributed by atoms with Crippen molar-refractivity contribution in [2.75, 3.05) is 41.4 Å². The van der Waals surface area contributed by atoms with Gasteiger partial charge in [0.15, 0.2) is 11.5 Å². The van der Waals surface area contributed by atoms with Crippen LogP contribution in [-0.4, -0.2) is 74.1 Å². The van der Waals surface area contributed by atoms with Gasteiger partial charge in [0.1, 0.15) is 11.5 Å². The topological polar surface area (TPSA) is 88.5 Å². The van der Waals surface area contributed by atoms with Crippen molar-refractivity contribution < 1.29 is 28.9 Å². The van der Waals surface area contributed by atoms with E-state index in [4.69, 9.17) is 14.2 Å². The van der Waals surface area contributed by atoms with Crippen LogP contribution in [0, 0.1) is 0 Å². The number of likely N-dealkylation sites (tertiary alicyclic amines) is 1. The Morgan fingerprint density at radius 1 is 1.03 bits per heavy atom. The lowest BCUT2D eigenvalue weighted by Crippen LogP contribution is -2.35. The van der Waals surface area contributed by atoms with Crippen LogP contribution in [0.4, 0.5) is 0 Å². The van der Waals surface area contributed by atoms with Crippen molar-refractivity contribution in [1.29, 1.82) is 0 Å². The molecule has 182 valence electrons. The zero-order valence-corrected chi connectivity index (χ0v) is 20.5. The van der Waals surface area contributed by atoms with Crippen LogP contribution in [0.15, 0.2) is 48.0 Å². The molecule has 1 fully saturated rings. The number of amides is 1. The fraction of sp³-hybridized carbons (Fsp3) is 0.385. The zero-order chi connectivity index (χ0) is 25.0. The van der Waals surface area contributed by atoms with Gasteiger partial charge in [0.05, 0.1) is 31.9 Å². The highest BCUT2D eigenvalue weighted by Gasteiger charge is 2.46. The Bertz CT molecular complexity index is 1080. The molecule has 1 amide bonds. The molecule has 1 heterocycles. The molecule has 2 aromatic rings. The van der Waals surface area contributed by atoms with Gasteiger partial charge in [-0.25, -0.2) is 0 Å². The van der Waals surface area contributed by atoms with Gasteiger partial charge >= 0.3 is 0 Å². The predicted octanol–water partition coefficient (Wildman–Crippen LogP) is 3.47. The maximum absolute atomic E-state index is 13.1. The number of rotatable bonds is 9. The van der Waals surface area contributed by atoms with Gasteiger partial charge in [-0.05, 0) is 63.8 Å². The first-order valence-corrected chi connectivity index (χ1v) is 11.1. The van der Waals surface area contributed by atoms with Crippen molar-refractivity contribution in [3.63, 3.8) is 0 Å². The van der Waals surface area contributed by atoms with Crippen LogP contribution >= 0.6 is 0 Å². The molecule has 0 saturated carbocycles. The number of hydrogen-bond donors (Lipinski definition) is 1. The summed E-state index contributed by atoms with van der Waals surface area (Å²) in [7, 11) is 6.80. The Morgan fingerprint density at radius 3 is 2.24 bits per heavy atom. The average molecular weight is 469 g/mol. The number of carbonyl (C=O) groups is 2. The molecule has 0 aromatic heterocycles. The molecule has 1 saturated heterocycles. The minimum Gasteiger partial charge on any atom is -0.507 e. The Labute approximate surface area is 200 Å². The second kappa shape index (κ2) is 10.6. The minimum absolute atomic E-state index is 0.0154. The standard InChI is InChI=1S/C26H32N2O6/c1-16(2)34-19-10-7-17(8-11-19)23-22(25(30)26(31)28(23)14-13-27(3)4)24(29)18-9-12-20(32-5)21(15-18)33-6/h7-12,15-16,23,29H,13-14H2,1-6H3/b24-22-. The highest BCUT2D eigenvalue weighted by atomic mass is 16.5. The van der Waals surface area contributed by atoms with Crippen LogP contribution < -0.4 is 14.2 Å². The number of nitrogens with zero attached hydrogens (tertiary/aromatic N) is 2. The smallest absolute Gasteiger partial charge is 0.295 e. The van der Waals surface area contributed by atoms with E-state index in [2.05, 4.69) is 0 Å². The quantitative estimate of drug-likeness (QED) is 0.342.